The first-order chi connectivity index (χ1) is 13.0. The van der Waals surface area contributed by atoms with E-state index in [1.165, 1.54) is 17.8 Å². The largest absolute Gasteiger partial charge is 0.338 e. The maximum absolute atomic E-state index is 12.1. The van der Waals surface area contributed by atoms with E-state index in [0.717, 1.165) is 4.90 Å². The van der Waals surface area contributed by atoms with E-state index in [1.807, 2.05) is 12.1 Å². The van der Waals surface area contributed by atoms with Crippen LogP contribution in [0.15, 0.2) is 57.9 Å². The number of carbonyl (C=O) groups excluding carboxylic acids is 2. The first kappa shape index (κ1) is 18.9. The SMILES string of the molecule is Cc1noc(CSc2ccc(C(=O)NNC(=O)c3cccc(Cl)c3)cc2)n1. The van der Waals surface area contributed by atoms with Gasteiger partial charge in [0.2, 0.25) is 5.89 Å². The van der Waals surface area contributed by atoms with Crippen LogP contribution in [-0.2, 0) is 5.75 Å². The lowest BCUT2D eigenvalue weighted by Gasteiger charge is -2.08. The molecule has 3 rings (SSSR count). The van der Waals surface area contributed by atoms with E-state index in [0.29, 0.717) is 33.6 Å². The smallest absolute Gasteiger partial charge is 0.269 e. The topological polar surface area (TPSA) is 97.1 Å². The molecule has 0 fully saturated rings. The number of hydrazine groups is 1. The third-order valence-electron chi connectivity index (χ3n) is 3.42. The second-order valence-electron chi connectivity index (χ2n) is 5.47. The molecule has 2 aromatic carbocycles. The molecule has 9 heteroatoms. The van der Waals surface area contributed by atoms with Gasteiger partial charge in [-0.05, 0) is 49.4 Å². The van der Waals surface area contributed by atoms with Crippen LogP contribution >= 0.6 is 23.4 Å². The molecule has 0 aliphatic rings. The summed E-state index contributed by atoms with van der Waals surface area (Å²) in [7, 11) is 0. The second kappa shape index (κ2) is 8.70. The molecular weight excluding hydrogens is 388 g/mol. The van der Waals surface area contributed by atoms with E-state index in [4.69, 9.17) is 16.1 Å². The molecule has 27 heavy (non-hydrogen) atoms. The lowest BCUT2D eigenvalue weighted by atomic mass is 10.2. The van der Waals surface area contributed by atoms with Gasteiger partial charge in [-0.25, -0.2) is 0 Å². The fourth-order valence-corrected chi connectivity index (χ4v) is 3.06. The molecule has 2 N–H and O–H groups in total. The van der Waals surface area contributed by atoms with Crippen LogP contribution in [0.2, 0.25) is 5.02 Å². The highest BCUT2D eigenvalue weighted by Crippen LogP contribution is 2.22. The van der Waals surface area contributed by atoms with Gasteiger partial charge in [0.25, 0.3) is 11.8 Å². The van der Waals surface area contributed by atoms with Gasteiger partial charge in [-0.1, -0.05) is 22.8 Å². The number of halogens is 1. The Labute approximate surface area is 164 Å². The van der Waals surface area contributed by atoms with Crippen LogP contribution in [0.1, 0.15) is 32.4 Å². The third-order valence-corrected chi connectivity index (χ3v) is 4.66. The molecule has 0 aliphatic heterocycles. The minimum Gasteiger partial charge on any atom is -0.338 e. The standard InChI is InChI=1S/C18H15ClN4O3S/c1-11-20-16(26-23-11)10-27-15-7-5-12(6-8-15)17(24)21-22-18(25)13-3-2-4-14(19)9-13/h2-9H,10H2,1H3,(H,21,24)(H,22,25). The van der Waals surface area contributed by atoms with E-state index in [-0.39, 0.29) is 0 Å². The van der Waals surface area contributed by atoms with Crippen molar-refractivity contribution < 1.29 is 14.1 Å². The van der Waals surface area contributed by atoms with Gasteiger partial charge in [-0.15, -0.1) is 11.8 Å². The Morgan fingerprint density at radius 3 is 2.41 bits per heavy atom. The summed E-state index contributed by atoms with van der Waals surface area (Å²) in [5, 5.41) is 4.18. The maximum Gasteiger partial charge on any atom is 0.269 e. The van der Waals surface area contributed by atoms with Crippen LogP contribution in [0.25, 0.3) is 0 Å². The van der Waals surface area contributed by atoms with E-state index >= 15 is 0 Å². The van der Waals surface area contributed by atoms with Crippen LogP contribution in [0.5, 0.6) is 0 Å². The Hall–Kier alpha value is -2.84. The zero-order valence-corrected chi connectivity index (χ0v) is 15.8. The molecule has 1 heterocycles. The monoisotopic (exact) mass is 402 g/mol. The van der Waals surface area contributed by atoms with Crippen LogP contribution in [0, 0.1) is 6.92 Å². The van der Waals surface area contributed by atoms with Crippen molar-refractivity contribution in [1.29, 1.82) is 0 Å². The van der Waals surface area contributed by atoms with Gasteiger partial charge in [0.05, 0.1) is 5.75 Å². The van der Waals surface area contributed by atoms with Crippen molar-refractivity contribution in [1.82, 2.24) is 21.0 Å². The van der Waals surface area contributed by atoms with Gasteiger partial charge in [-0.3, -0.25) is 20.4 Å². The number of nitrogens with one attached hydrogen (secondary N) is 2. The Bertz CT molecular complexity index is 959. The number of hydrogen-bond acceptors (Lipinski definition) is 6. The summed E-state index contributed by atoms with van der Waals surface area (Å²) in [6.45, 7) is 1.76. The predicted molar refractivity (Wildman–Crippen MR) is 101 cm³/mol. The Balaban J connectivity index is 1.52. The normalized spacial score (nSPS) is 10.4. The van der Waals surface area contributed by atoms with Crippen molar-refractivity contribution in [2.75, 3.05) is 0 Å². The molecule has 0 atom stereocenters. The summed E-state index contributed by atoms with van der Waals surface area (Å²) in [5.41, 5.74) is 5.50. The zero-order chi connectivity index (χ0) is 19.2. The highest BCUT2D eigenvalue weighted by Gasteiger charge is 2.10. The summed E-state index contributed by atoms with van der Waals surface area (Å²) >= 11 is 7.36. The molecule has 7 nitrogen and oxygen atoms in total. The summed E-state index contributed by atoms with van der Waals surface area (Å²) in [5.74, 6) is 0.810. The molecule has 0 unspecified atom stereocenters. The van der Waals surface area contributed by atoms with E-state index < -0.39 is 11.8 Å². The summed E-state index contributed by atoms with van der Waals surface area (Å²) in [4.78, 5) is 29.2. The van der Waals surface area contributed by atoms with Crippen molar-refractivity contribution in [3.8, 4) is 0 Å². The van der Waals surface area contributed by atoms with Crippen molar-refractivity contribution in [2.24, 2.45) is 0 Å². The second-order valence-corrected chi connectivity index (χ2v) is 6.95. The summed E-state index contributed by atoms with van der Waals surface area (Å²) < 4.78 is 5.05. The molecule has 2 amide bonds. The zero-order valence-electron chi connectivity index (χ0n) is 14.2. The van der Waals surface area contributed by atoms with Gasteiger partial charge < -0.3 is 4.52 Å². The van der Waals surface area contributed by atoms with Gasteiger partial charge in [0.15, 0.2) is 5.82 Å². The number of aryl methyl sites for hydroxylation is 1. The van der Waals surface area contributed by atoms with Crippen LogP contribution in [-0.4, -0.2) is 22.0 Å². The van der Waals surface area contributed by atoms with Crippen LogP contribution in [0.4, 0.5) is 0 Å². The molecule has 0 spiro atoms. The molecule has 0 aliphatic carbocycles. The first-order valence-corrected chi connectivity index (χ1v) is 9.26. The third kappa shape index (κ3) is 5.32. The highest BCUT2D eigenvalue weighted by molar-refractivity contribution is 7.98. The van der Waals surface area contributed by atoms with E-state index in [1.54, 1.807) is 37.3 Å². The quantitative estimate of drug-likeness (QED) is 0.501. The molecule has 3 aromatic rings. The fourth-order valence-electron chi connectivity index (χ4n) is 2.13. The molecule has 0 saturated carbocycles. The number of carbonyl (C=O) groups is 2. The molecule has 0 saturated heterocycles. The van der Waals surface area contributed by atoms with E-state index in [2.05, 4.69) is 21.0 Å². The van der Waals surface area contributed by atoms with Crippen molar-refractivity contribution in [3.63, 3.8) is 0 Å². The fraction of sp³-hybridized carbons (Fsp3) is 0.111. The number of thioether (sulfide) groups is 1. The van der Waals surface area contributed by atoms with E-state index in [9.17, 15) is 9.59 Å². The Morgan fingerprint density at radius 2 is 1.78 bits per heavy atom. The average Bonchev–Trinajstić information content (AvgIpc) is 3.10. The van der Waals surface area contributed by atoms with Gasteiger partial charge in [0, 0.05) is 21.0 Å². The van der Waals surface area contributed by atoms with Gasteiger partial charge >= 0.3 is 0 Å². The predicted octanol–water partition coefficient (Wildman–Crippen LogP) is 3.40. The number of aromatic nitrogens is 2. The lowest BCUT2D eigenvalue weighted by molar-refractivity contribution is 0.0846. The molecule has 1 aromatic heterocycles. The lowest BCUT2D eigenvalue weighted by Crippen LogP contribution is -2.41. The molecule has 0 bridgehead atoms. The number of nitrogens with zero attached hydrogens (tertiary/aromatic N) is 2. The molecular formula is C18H15ClN4O3S. The number of amides is 2. The molecule has 138 valence electrons. The minimum atomic E-state index is -0.451. The summed E-state index contributed by atoms with van der Waals surface area (Å²) in [6, 6.07) is 13.4. The van der Waals surface area contributed by atoms with Crippen LogP contribution in [0.3, 0.4) is 0 Å². The Kier molecular flexibility index (Phi) is 6.10. The van der Waals surface area contributed by atoms with Gasteiger partial charge in [-0.2, -0.15) is 4.98 Å². The van der Waals surface area contributed by atoms with Crippen LogP contribution < -0.4 is 10.9 Å². The first-order valence-electron chi connectivity index (χ1n) is 7.89. The van der Waals surface area contributed by atoms with Crippen molar-refractivity contribution in [2.45, 2.75) is 17.6 Å². The highest BCUT2D eigenvalue weighted by atomic mass is 35.5. The Morgan fingerprint density at radius 1 is 1.07 bits per heavy atom. The van der Waals surface area contributed by atoms with Crippen molar-refractivity contribution >= 4 is 35.2 Å². The number of hydrogen-bond donors (Lipinski definition) is 2. The number of benzene rings is 2. The number of rotatable bonds is 5. The summed E-state index contributed by atoms with van der Waals surface area (Å²) in [6.07, 6.45) is 0. The minimum absolute atomic E-state index is 0.353. The van der Waals surface area contributed by atoms with Gasteiger partial charge in [0.1, 0.15) is 0 Å². The maximum atomic E-state index is 12.1. The molecule has 0 radical (unpaired) electrons. The average molecular weight is 403 g/mol. The van der Waals surface area contributed by atoms with Crippen molar-refractivity contribution in [3.05, 3.63) is 76.4 Å².